The van der Waals surface area contributed by atoms with Gasteiger partial charge in [-0.3, -0.25) is 9.59 Å². The summed E-state index contributed by atoms with van der Waals surface area (Å²) in [6.45, 7) is 1.78. The van der Waals surface area contributed by atoms with E-state index in [4.69, 9.17) is 9.47 Å². The molecule has 0 aliphatic carbocycles. The predicted molar refractivity (Wildman–Crippen MR) is 112 cm³/mol. The van der Waals surface area contributed by atoms with Crippen LogP contribution in [-0.2, 0) is 4.79 Å². The molecule has 2 amide bonds. The minimum Gasteiger partial charge on any atom is -0.497 e. The lowest BCUT2D eigenvalue weighted by atomic mass is 10.0. The van der Waals surface area contributed by atoms with E-state index >= 15 is 0 Å². The van der Waals surface area contributed by atoms with Gasteiger partial charge >= 0.3 is 0 Å². The Hall–Kier alpha value is -3.54. The summed E-state index contributed by atoms with van der Waals surface area (Å²) in [7, 11) is 3.02. The molecule has 0 bridgehead atoms. The summed E-state index contributed by atoms with van der Waals surface area (Å²) in [5.74, 6) is 0.359. The maximum absolute atomic E-state index is 12.4. The number of hydrogen-bond acceptors (Lipinski definition) is 4. The maximum atomic E-state index is 12.4. The van der Waals surface area contributed by atoms with Gasteiger partial charge in [0, 0.05) is 11.6 Å². The second-order valence-corrected chi connectivity index (χ2v) is 6.68. The molecule has 0 aliphatic heterocycles. The number of rotatable bonds is 7. The van der Waals surface area contributed by atoms with Crippen LogP contribution >= 0.6 is 0 Å². The van der Waals surface area contributed by atoms with Crippen LogP contribution in [0, 0.1) is 0 Å². The molecule has 0 fully saturated rings. The molecule has 2 N–H and O–H groups in total. The molecule has 0 saturated heterocycles. The molecule has 3 aromatic carbocycles. The van der Waals surface area contributed by atoms with E-state index in [0.717, 1.165) is 16.3 Å². The van der Waals surface area contributed by atoms with Gasteiger partial charge in [-0.05, 0) is 41.5 Å². The van der Waals surface area contributed by atoms with E-state index in [0.29, 0.717) is 17.1 Å². The fraction of sp³-hybridized carbons (Fsp3) is 0.217. The van der Waals surface area contributed by atoms with Gasteiger partial charge < -0.3 is 20.1 Å². The lowest BCUT2D eigenvalue weighted by molar-refractivity contribution is -0.120. The fourth-order valence-corrected chi connectivity index (χ4v) is 3.05. The molecule has 0 unspecified atom stereocenters. The van der Waals surface area contributed by atoms with Crippen LogP contribution in [0.5, 0.6) is 11.5 Å². The van der Waals surface area contributed by atoms with E-state index in [2.05, 4.69) is 16.7 Å². The second-order valence-electron chi connectivity index (χ2n) is 6.68. The van der Waals surface area contributed by atoms with E-state index in [1.165, 1.54) is 14.2 Å². The molecule has 150 valence electrons. The number of ether oxygens (including phenoxy) is 2. The summed E-state index contributed by atoms with van der Waals surface area (Å²) in [5.41, 5.74) is 1.36. The first-order chi connectivity index (χ1) is 14.0. The Morgan fingerprint density at radius 1 is 0.897 bits per heavy atom. The lowest BCUT2D eigenvalue weighted by Crippen LogP contribution is -2.38. The van der Waals surface area contributed by atoms with E-state index in [1.807, 2.05) is 43.3 Å². The summed E-state index contributed by atoms with van der Waals surface area (Å²) in [4.78, 5) is 24.7. The number of amides is 2. The number of methoxy groups -OCH3 is 2. The molecule has 3 aromatic rings. The van der Waals surface area contributed by atoms with Crippen molar-refractivity contribution < 1.29 is 19.1 Å². The van der Waals surface area contributed by atoms with Crippen molar-refractivity contribution in [2.75, 3.05) is 20.8 Å². The Morgan fingerprint density at radius 3 is 2.21 bits per heavy atom. The number of fused-ring (bicyclic) bond motifs is 1. The number of benzene rings is 3. The normalized spacial score (nSPS) is 11.6. The van der Waals surface area contributed by atoms with E-state index in [-0.39, 0.29) is 24.4 Å². The minimum absolute atomic E-state index is 0.129. The van der Waals surface area contributed by atoms with Crippen LogP contribution < -0.4 is 20.1 Å². The third kappa shape index (κ3) is 5.04. The first kappa shape index (κ1) is 20.2. The molecule has 29 heavy (non-hydrogen) atoms. The molecule has 0 spiro atoms. The highest BCUT2D eigenvalue weighted by atomic mass is 16.5. The maximum Gasteiger partial charge on any atom is 0.251 e. The average molecular weight is 392 g/mol. The number of carbonyl (C=O) groups excluding carboxylic acids is 2. The zero-order valence-electron chi connectivity index (χ0n) is 16.7. The first-order valence-corrected chi connectivity index (χ1v) is 9.29. The topological polar surface area (TPSA) is 76.7 Å². The van der Waals surface area contributed by atoms with Gasteiger partial charge in [0.2, 0.25) is 5.91 Å². The molecule has 0 radical (unpaired) electrons. The zero-order chi connectivity index (χ0) is 20.8. The Kier molecular flexibility index (Phi) is 6.34. The molecule has 0 aromatic heterocycles. The van der Waals surface area contributed by atoms with Crippen molar-refractivity contribution in [1.29, 1.82) is 0 Å². The molecular weight excluding hydrogens is 368 g/mol. The summed E-state index contributed by atoms with van der Waals surface area (Å²) in [5, 5.41) is 7.80. The molecule has 6 heteroatoms. The Morgan fingerprint density at radius 2 is 1.55 bits per heavy atom. The van der Waals surface area contributed by atoms with Crippen molar-refractivity contribution in [3.8, 4) is 11.5 Å². The third-order valence-electron chi connectivity index (χ3n) is 4.67. The van der Waals surface area contributed by atoms with Gasteiger partial charge in [-0.1, -0.05) is 36.4 Å². The van der Waals surface area contributed by atoms with E-state index in [9.17, 15) is 9.59 Å². The van der Waals surface area contributed by atoms with Gasteiger partial charge in [-0.15, -0.1) is 0 Å². The zero-order valence-corrected chi connectivity index (χ0v) is 16.7. The van der Waals surface area contributed by atoms with Crippen molar-refractivity contribution >= 4 is 22.6 Å². The van der Waals surface area contributed by atoms with Crippen molar-refractivity contribution in [1.82, 2.24) is 10.6 Å². The summed E-state index contributed by atoms with van der Waals surface area (Å²) in [6, 6.07) is 18.8. The summed E-state index contributed by atoms with van der Waals surface area (Å²) >= 11 is 0. The van der Waals surface area contributed by atoms with Gasteiger partial charge in [0.25, 0.3) is 5.91 Å². The van der Waals surface area contributed by atoms with Crippen molar-refractivity contribution in [3.63, 3.8) is 0 Å². The molecule has 0 heterocycles. The van der Waals surface area contributed by atoms with Crippen molar-refractivity contribution in [2.24, 2.45) is 0 Å². The monoisotopic (exact) mass is 392 g/mol. The van der Waals surface area contributed by atoms with Gasteiger partial charge in [0.15, 0.2) is 0 Å². The van der Waals surface area contributed by atoms with Crippen LogP contribution in [0.1, 0.15) is 28.9 Å². The molecule has 6 nitrogen and oxygen atoms in total. The van der Waals surface area contributed by atoms with Gasteiger partial charge in [0.1, 0.15) is 11.5 Å². The van der Waals surface area contributed by atoms with Crippen LogP contribution in [0.15, 0.2) is 60.7 Å². The lowest BCUT2D eigenvalue weighted by Gasteiger charge is -2.15. The van der Waals surface area contributed by atoms with Gasteiger partial charge in [-0.25, -0.2) is 0 Å². The largest absolute Gasteiger partial charge is 0.497 e. The van der Waals surface area contributed by atoms with Gasteiger partial charge in [-0.2, -0.15) is 0 Å². The number of carbonyl (C=O) groups is 2. The quantitative estimate of drug-likeness (QED) is 0.646. The van der Waals surface area contributed by atoms with Crippen LogP contribution in [0.25, 0.3) is 10.8 Å². The fourth-order valence-electron chi connectivity index (χ4n) is 3.05. The molecule has 1 atom stereocenters. The molecule has 0 saturated carbocycles. The first-order valence-electron chi connectivity index (χ1n) is 9.29. The van der Waals surface area contributed by atoms with Crippen LogP contribution in [0.3, 0.4) is 0 Å². The Bertz CT molecular complexity index is 1010. The third-order valence-corrected chi connectivity index (χ3v) is 4.67. The number of nitrogens with one attached hydrogen (secondary N) is 2. The van der Waals surface area contributed by atoms with Gasteiger partial charge in [0.05, 0.1) is 26.8 Å². The smallest absolute Gasteiger partial charge is 0.251 e. The van der Waals surface area contributed by atoms with Crippen molar-refractivity contribution in [2.45, 2.75) is 13.0 Å². The second kappa shape index (κ2) is 9.10. The molecule has 0 aliphatic rings. The standard InChI is InChI=1S/C23H24N2O4/c1-15(17-9-8-16-6-4-5-7-18(16)10-17)25-22(26)14-24-23(27)19-11-20(28-2)13-21(12-19)29-3/h4-13,15H,14H2,1-3H3,(H,24,27)(H,25,26)/t15-/m1/s1. The van der Waals surface area contributed by atoms with Crippen LogP contribution in [0.4, 0.5) is 0 Å². The Labute approximate surface area is 169 Å². The van der Waals surface area contributed by atoms with E-state index < -0.39 is 0 Å². The number of hydrogen-bond donors (Lipinski definition) is 2. The summed E-state index contributed by atoms with van der Waals surface area (Å²) in [6.07, 6.45) is 0. The minimum atomic E-state index is -0.379. The van der Waals surface area contributed by atoms with E-state index in [1.54, 1.807) is 18.2 Å². The molecular formula is C23H24N2O4. The highest BCUT2D eigenvalue weighted by Crippen LogP contribution is 2.22. The van der Waals surface area contributed by atoms with Crippen LogP contribution in [0.2, 0.25) is 0 Å². The van der Waals surface area contributed by atoms with Crippen molar-refractivity contribution in [3.05, 3.63) is 71.8 Å². The molecule has 3 rings (SSSR count). The predicted octanol–water partition coefficient (Wildman–Crippen LogP) is 3.46. The summed E-state index contributed by atoms with van der Waals surface area (Å²) < 4.78 is 10.3. The van der Waals surface area contributed by atoms with Crippen LogP contribution in [-0.4, -0.2) is 32.6 Å². The Balaban J connectivity index is 1.59. The highest BCUT2D eigenvalue weighted by molar-refractivity contribution is 5.97. The average Bonchev–Trinajstić information content (AvgIpc) is 2.76. The SMILES string of the molecule is COc1cc(OC)cc(C(=O)NCC(=O)N[C@H](C)c2ccc3ccccc3c2)c1. The highest BCUT2D eigenvalue weighted by Gasteiger charge is 2.14.